The summed E-state index contributed by atoms with van der Waals surface area (Å²) in [7, 11) is 1.75. The molecule has 100 valence electrons. The predicted molar refractivity (Wildman–Crippen MR) is 65.6 cm³/mol. The zero-order chi connectivity index (χ0) is 13.8. The van der Waals surface area contributed by atoms with E-state index in [1.54, 1.807) is 24.0 Å². The fourth-order valence-corrected chi connectivity index (χ4v) is 1.59. The first kappa shape index (κ1) is 12.8. The van der Waals surface area contributed by atoms with Gasteiger partial charge in [-0.3, -0.25) is 14.2 Å². The third-order valence-corrected chi connectivity index (χ3v) is 2.47. The van der Waals surface area contributed by atoms with Crippen LogP contribution in [0.3, 0.4) is 0 Å². The van der Waals surface area contributed by atoms with Gasteiger partial charge in [0.15, 0.2) is 5.82 Å². The molecule has 8 nitrogen and oxygen atoms in total. The first-order valence-electron chi connectivity index (χ1n) is 5.61. The summed E-state index contributed by atoms with van der Waals surface area (Å²) in [6, 6.07) is 3.06. The van der Waals surface area contributed by atoms with Gasteiger partial charge in [0.2, 0.25) is 5.91 Å². The van der Waals surface area contributed by atoms with Crippen molar-refractivity contribution in [2.75, 3.05) is 5.32 Å². The maximum atomic E-state index is 11.6. The molecule has 19 heavy (non-hydrogen) atoms. The van der Waals surface area contributed by atoms with E-state index in [9.17, 15) is 9.59 Å². The Labute approximate surface area is 108 Å². The summed E-state index contributed by atoms with van der Waals surface area (Å²) in [4.78, 5) is 22.5. The largest absolute Gasteiger partial charge is 0.477 e. The standard InChI is InChI=1S/C11H13N5O3/c1-15-6-3-9(14-15)13-10(17)4-7-16-8(11(18)19)2-5-12-16/h2-3,5-6H,4,7H2,1H3,(H,18,19)(H,13,14,17). The van der Waals surface area contributed by atoms with Gasteiger partial charge in [0.05, 0.1) is 6.54 Å². The molecule has 0 unspecified atom stereocenters. The van der Waals surface area contributed by atoms with Crippen LogP contribution in [0.5, 0.6) is 0 Å². The number of carboxylic acid groups (broad SMARTS) is 1. The summed E-state index contributed by atoms with van der Waals surface area (Å²) in [5, 5.41) is 19.4. The van der Waals surface area contributed by atoms with Crippen LogP contribution in [0.2, 0.25) is 0 Å². The number of rotatable bonds is 5. The van der Waals surface area contributed by atoms with E-state index in [1.807, 2.05) is 0 Å². The lowest BCUT2D eigenvalue weighted by Gasteiger charge is -2.04. The first-order chi connectivity index (χ1) is 9.06. The van der Waals surface area contributed by atoms with Crippen LogP contribution in [0.4, 0.5) is 5.82 Å². The summed E-state index contributed by atoms with van der Waals surface area (Å²) in [6.07, 6.45) is 3.23. The number of nitrogens with zero attached hydrogens (tertiary/aromatic N) is 4. The van der Waals surface area contributed by atoms with Crippen molar-refractivity contribution in [3.8, 4) is 0 Å². The van der Waals surface area contributed by atoms with Crippen molar-refractivity contribution in [3.63, 3.8) is 0 Å². The summed E-state index contributed by atoms with van der Waals surface area (Å²) in [5.41, 5.74) is 0.0608. The van der Waals surface area contributed by atoms with E-state index in [0.717, 1.165) is 0 Å². The van der Waals surface area contributed by atoms with Gasteiger partial charge in [0, 0.05) is 31.9 Å². The Morgan fingerprint density at radius 1 is 1.42 bits per heavy atom. The van der Waals surface area contributed by atoms with E-state index in [4.69, 9.17) is 5.11 Å². The van der Waals surface area contributed by atoms with Crippen LogP contribution in [-0.4, -0.2) is 36.5 Å². The molecule has 0 spiro atoms. The third kappa shape index (κ3) is 3.18. The van der Waals surface area contributed by atoms with Gasteiger partial charge in [0.1, 0.15) is 5.69 Å². The molecule has 0 atom stereocenters. The molecule has 0 radical (unpaired) electrons. The number of nitrogens with one attached hydrogen (secondary N) is 1. The number of aromatic nitrogens is 4. The van der Waals surface area contributed by atoms with E-state index in [1.165, 1.54) is 16.9 Å². The van der Waals surface area contributed by atoms with Crippen LogP contribution in [0.25, 0.3) is 0 Å². The molecule has 0 aromatic carbocycles. The Morgan fingerprint density at radius 3 is 2.84 bits per heavy atom. The topological polar surface area (TPSA) is 102 Å². The molecule has 0 saturated heterocycles. The van der Waals surface area contributed by atoms with Gasteiger partial charge in [-0.05, 0) is 6.07 Å². The Bertz CT molecular complexity index is 601. The number of hydrogen-bond acceptors (Lipinski definition) is 4. The fourth-order valence-electron chi connectivity index (χ4n) is 1.59. The average Bonchev–Trinajstić information content (AvgIpc) is 2.95. The van der Waals surface area contributed by atoms with Crippen molar-refractivity contribution in [3.05, 3.63) is 30.2 Å². The fraction of sp³-hybridized carbons (Fsp3) is 0.273. The number of aryl methyl sites for hydroxylation is 2. The molecular formula is C11H13N5O3. The van der Waals surface area contributed by atoms with E-state index in [2.05, 4.69) is 15.5 Å². The number of anilines is 1. The van der Waals surface area contributed by atoms with E-state index >= 15 is 0 Å². The Kier molecular flexibility index (Phi) is 3.60. The van der Waals surface area contributed by atoms with E-state index in [0.29, 0.717) is 5.82 Å². The number of carboxylic acids is 1. The minimum atomic E-state index is -1.07. The summed E-state index contributed by atoms with van der Waals surface area (Å²) in [6.45, 7) is 0.202. The van der Waals surface area contributed by atoms with Crippen molar-refractivity contribution >= 4 is 17.7 Å². The summed E-state index contributed by atoms with van der Waals surface area (Å²) >= 11 is 0. The summed E-state index contributed by atoms with van der Waals surface area (Å²) in [5.74, 6) is -0.848. The van der Waals surface area contributed by atoms with Gasteiger partial charge in [-0.25, -0.2) is 4.79 Å². The second-order valence-corrected chi connectivity index (χ2v) is 3.92. The molecule has 0 aliphatic rings. The van der Waals surface area contributed by atoms with Crippen molar-refractivity contribution < 1.29 is 14.7 Å². The number of carbonyl (C=O) groups excluding carboxylic acids is 1. The molecule has 2 heterocycles. The zero-order valence-corrected chi connectivity index (χ0v) is 10.3. The van der Waals surface area contributed by atoms with Gasteiger partial charge in [-0.2, -0.15) is 10.2 Å². The molecule has 0 bridgehead atoms. The third-order valence-electron chi connectivity index (χ3n) is 2.47. The Hall–Kier alpha value is -2.64. The highest BCUT2D eigenvalue weighted by molar-refractivity contribution is 5.89. The minimum Gasteiger partial charge on any atom is -0.477 e. The molecule has 0 aliphatic heterocycles. The molecule has 0 saturated carbocycles. The highest BCUT2D eigenvalue weighted by Crippen LogP contribution is 2.04. The second-order valence-electron chi connectivity index (χ2n) is 3.92. The van der Waals surface area contributed by atoms with Gasteiger partial charge in [-0.1, -0.05) is 0 Å². The lowest BCUT2D eigenvalue weighted by molar-refractivity contribution is -0.116. The zero-order valence-electron chi connectivity index (χ0n) is 10.3. The quantitative estimate of drug-likeness (QED) is 0.810. The van der Waals surface area contributed by atoms with Crippen LogP contribution >= 0.6 is 0 Å². The SMILES string of the molecule is Cn1ccc(NC(=O)CCn2nccc2C(=O)O)n1. The summed E-state index contributed by atoms with van der Waals surface area (Å²) < 4.78 is 2.85. The molecule has 2 rings (SSSR count). The van der Waals surface area contributed by atoms with Crippen molar-refractivity contribution in [2.45, 2.75) is 13.0 Å². The Balaban J connectivity index is 1.90. The highest BCUT2D eigenvalue weighted by Gasteiger charge is 2.11. The van der Waals surface area contributed by atoms with Crippen LogP contribution < -0.4 is 5.32 Å². The van der Waals surface area contributed by atoms with E-state index in [-0.39, 0.29) is 24.6 Å². The lowest BCUT2D eigenvalue weighted by Crippen LogP contribution is -2.17. The molecule has 0 fully saturated rings. The molecule has 2 N–H and O–H groups in total. The van der Waals surface area contributed by atoms with Crippen molar-refractivity contribution in [2.24, 2.45) is 7.05 Å². The van der Waals surface area contributed by atoms with Gasteiger partial charge in [0.25, 0.3) is 0 Å². The first-order valence-corrected chi connectivity index (χ1v) is 5.61. The van der Waals surface area contributed by atoms with Crippen LogP contribution in [-0.2, 0) is 18.4 Å². The molecule has 2 aromatic heterocycles. The minimum absolute atomic E-state index is 0.0608. The predicted octanol–water partition coefficient (Wildman–Crippen LogP) is 0.344. The monoisotopic (exact) mass is 263 g/mol. The smallest absolute Gasteiger partial charge is 0.354 e. The lowest BCUT2D eigenvalue weighted by atomic mass is 10.3. The van der Waals surface area contributed by atoms with Crippen molar-refractivity contribution in [1.82, 2.24) is 19.6 Å². The van der Waals surface area contributed by atoms with Gasteiger partial charge in [-0.15, -0.1) is 0 Å². The van der Waals surface area contributed by atoms with Crippen LogP contribution in [0.1, 0.15) is 16.9 Å². The van der Waals surface area contributed by atoms with E-state index < -0.39 is 5.97 Å². The number of aromatic carboxylic acids is 1. The average molecular weight is 263 g/mol. The Morgan fingerprint density at radius 2 is 2.21 bits per heavy atom. The van der Waals surface area contributed by atoms with Crippen LogP contribution in [0.15, 0.2) is 24.5 Å². The highest BCUT2D eigenvalue weighted by atomic mass is 16.4. The van der Waals surface area contributed by atoms with Crippen molar-refractivity contribution in [1.29, 1.82) is 0 Å². The molecule has 8 heteroatoms. The molecular weight excluding hydrogens is 250 g/mol. The van der Waals surface area contributed by atoms with Gasteiger partial charge >= 0.3 is 5.97 Å². The maximum absolute atomic E-state index is 11.6. The molecule has 0 aliphatic carbocycles. The van der Waals surface area contributed by atoms with Gasteiger partial charge < -0.3 is 10.4 Å². The molecule has 2 aromatic rings. The number of carbonyl (C=O) groups is 2. The number of amides is 1. The molecule has 1 amide bonds. The second kappa shape index (κ2) is 5.34. The maximum Gasteiger partial charge on any atom is 0.354 e. The number of hydrogen-bond donors (Lipinski definition) is 2. The van der Waals surface area contributed by atoms with Crippen LogP contribution in [0, 0.1) is 0 Å². The normalized spacial score (nSPS) is 10.4.